The summed E-state index contributed by atoms with van der Waals surface area (Å²) < 4.78 is 10.5. The molecule has 1 aromatic rings. The first-order chi connectivity index (χ1) is 7.85. The number of hydrogen-bond acceptors (Lipinski definition) is 5. The first kappa shape index (κ1) is 11.2. The van der Waals surface area contributed by atoms with Gasteiger partial charge < -0.3 is 20.1 Å². The fourth-order valence-electron chi connectivity index (χ4n) is 1.88. The molecule has 5 heteroatoms. The van der Waals surface area contributed by atoms with Crippen LogP contribution in [0.15, 0.2) is 18.3 Å². The normalized spacial score (nSPS) is 20.9. The van der Waals surface area contributed by atoms with Crippen molar-refractivity contribution in [3.63, 3.8) is 0 Å². The van der Waals surface area contributed by atoms with E-state index in [-0.39, 0.29) is 6.04 Å². The van der Waals surface area contributed by atoms with Gasteiger partial charge in [0.15, 0.2) is 0 Å². The Morgan fingerprint density at radius 2 is 2.56 bits per heavy atom. The van der Waals surface area contributed by atoms with Gasteiger partial charge >= 0.3 is 0 Å². The van der Waals surface area contributed by atoms with Gasteiger partial charge in [-0.05, 0) is 6.07 Å². The number of nitrogens with zero attached hydrogens (tertiary/aromatic N) is 2. The molecule has 88 valence electrons. The van der Waals surface area contributed by atoms with E-state index in [1.54, 1.807) is 13.3 Å². The highest BCUT2D eigenvalue weighted by Crippen LogP contribution is 2.22. The van der Waals surface area contributed by atoms with Gasteiger partial charge in [0.1, 0.15) is 0 Å². The molecule has 0 saturated carbocycles. The van der Waals surface area contributed by atoms with Gasteiger partial charge in [0.05, 0.1) is 26.4 Å². The average Bonchev–Trinajstić information content (AvgIpc) is 2.38. The summed E-state index contributed by atoms with van der Waals surface area (Å²) >= 11 is 0. The lowest BCUT2D eigenvalue weighted by atomic mass is 10.2. The highest BCUT2D eigenvalue weighted by Gasteiger charge is 2.22. The number of anilines is 1. The summed E-state index contributed by atoms with van der Waals surface area (Å²) in [5, 5.41) is 0. The van der Waals surface area contributed by atoms with E-state index in [0.717, 1.165) is 18.8 Å². The van der Waals surface area contributed by atoms with Crippen molar-refractivity contribution in [2.75, 3.05) is 38.3 Å². The smallest absolute Gasteiger partial charge is 0.214 e. The van der Waals surface area contributed by atoms with E-state index < -0.39 is 0 Å². The molecule has 1 saturated heterocycles. The number of ether oxygens (including phenoxy) is 2. The zero-order chi connectivity index (χ0) is 11.4. The van der Waals surface area contributed by atoms with Crippen molar-refractivity contribution in [2.45, 2.75) is 6.04 Å². The van der Waals surface area contributed by atoms with E-state index in [0.29, 0.717) is 19.0 Å². The maximum Gasteiger partial charge on any atom is 0.214 e. The van der Waals surface area contributed by atoms with E-state index in [2.05, 4.69) is 9.88 Å². The number of morpholine rings is 1. The first-order valence-corrected chi connectivity index (χ1v) is 5.39. The van der Waals surface area contributed by atoms with Gasteiger partial charge in [-0.1, -0.05) is 0 Å². The molecule has 0 aromatic carbocycles. The topological polar surface area (TPSA) is 60.6 Å². The summed E-state index contributed by atoms with van der Waals surface area (Å²) in [4.78, 5) is 6.34. The SMILES string of the molecule is COc1cc(N2CCOCC2CN)ccn1. The average molecular weight is 223 g/mol. The van der Waals surface area contributed by atoms with E-state index in [1.165, 1.54) is 0 Å². The van der Waals surface area contributed by atoms with Crippen LogP contribution in [-0.4, -0.2) is 44.4 Å². The third kappa shape index (κ3) is 2.25. The molecule has 1 atom stereocenters. The van der Waals surface area contributed by atoms with Gasteiger partial charge in [0.25, 0.3) is 0 Å². The number of rotatable bonds is 3. The second-order valence-corrected chi connectivity index (χ2v) is 3.71. The number of pyridine rings is 1. The van der Waals surface area contributed by atoms with Gasteiger partial charge in [-0.25, -0.2) is 4.98 Å². The summed E-state index contributed by atoms with van der Waals surface area (Å²) in [6.45, 7) is 2.86. The Labute approximate surface area is 95.2 Å². The van der Waals surface area contributed by atoms with Crippen LogP contribution in [0.3, 0.4) is 0 Å². The highest BCUT2D eigenvalue weighted by atomic mass is 16.5. The van der Waals surface area contributed by atoms with Crippen molar-refractivity contribution < 1.29 is 9.47 Å². The second-order valence-electron chi connectivity index (χ2n) is 3.71. The third-order valence-corrected chi connectivity index (χ3v) is 2.76. The Bertz CT molecular complexity index is 346. The van der Waals surface area contributed by atoms with E-state index in [9.17, 15) is 0 Å². The molecule has 2 heterocycles. The number of hydrogen-bond donors (Lipinski definition) is 1. The minimum atomic E-state index is 0.237. The molecule has 0 bridgehead atoms. The summed E-state index contributed by atoms with van der Waals surface area (Å²) in [7, 11) is 1.62. The monoisotopic (exact) mass is 223 g/mol. The largest absolute Gasteiger partial charge is 0.481 e. The second kappa shape index (κ2) is 5.14. The van der Waals surface area contributed by atoms with Crippen LogP contribution < -0.4 is 15.4 Å². The lowest BCUT2D eigenvalue weighted by molar-refractivity contribution is 0.0962. The van der Waals surface area contributed by atoms with Crippen LogP contribution in [0.5, 0.6) is 5.88 Å². The van der Waals surface area contributed by atoms with Crippen LogP contribution in [-0.2, 0) is 4.74 Å². The van der Waals surface area contributed by atoms with Crippen molar-refractivity contribution in [3.05, 3.63) is 18.3 Å². The van der Waals surface area contributed by atoms with Gasteiger partial charge in [-0.3, -0.25) is 0 Å². The molecule has 1 unspecified atom stereocenters. The minimum Gasteiger partial charge on any atom is -0.481 e. The van der Waals surface area contributed by atoms with Crippen LogP contribution in [0.2, 0.25) is 0 Å². The predicted octanol–water partition coefficient (Wildman–Crippen LogP) is 0.254. The zero-order valence-corrected chi connectivity index (χ0v) is 9.43. The van der Waals surface area contributed by atoms with Gasteiger partial charge in [-0.2, -0.15) is 0 Å². The Morgan fingerprint density at radius 1 is 1.69 bits per heavy atom. The summed E-state index contributed by atoms with van der Waals surface area (Å²) in [5.41, 5.74) is 6.82. The molecule has 1 fully saturated rings. The van der Waals surface area contributed by atoms with E-state index in [1.807, 2.05) is 12.1 Å². The van der Waals surface area contributed by atoms with Gasteiger partial charge in [0, 0.05) is 31.0 Å². The standard InChI is InChI=1S/C11H17N3O2/c1-15-11-6-9(2-3-13-11)14-4-5-16-8-10(14)7-12/h2-3,6,10H,4-5,7-8,12H2,1H3. The number of methoxy groups -OCH3 is 1. The Hall–Kier alpha value is -1.33. The van der Waals surface area contributed by atoms with Crippen LogP contribution in [0.25, 0.3) is 0 Å². The molecule has 0 aliphatic carbocycles. The van der Waals surface area contributed by atoms with Crippen molar-refractivity contribution in [2.24, 2.45) is 5.73 Å². The summed E-state index contributed by atoms with van der Waals surface area (Å²) in [5.74, 6) is 0.625. The fourth-order valence-corrected chi connectivity index (χ4v) is 1.88. The Morgan fingerprint density at radius 3 is 3.31 bits per heavy atom. The molecular weight excluding hydrogens is 206 g/mol. The Kier molecular flexibility index (Phi) is 3.58. The minimum absolute atomic E-state index is 0.237. The molecule has 2 rings (SSSR count). The van der Waals surface area contributed by atoms with Crippen molar-refractivity contribution in [1.82, 2.24) is 4.98 Å². The summed E-state index contributed by atoms with van der Waals surface area (Å²) in [6.07, 6.45) is 1.75. The molecule has 1 aliphatic heterocycles. The molecular formula is C11H17N3O2. The van der Waals surface area contributed by atoms with Crippen LogP contribution in [0.4, 0.5) is 5.69 Å². The van der Waals surface area contributed by atoms with E-state index >= 15 is 0 Å². The zero-order valence-electron chi connectivity index (χ0n) is 9.43. The van der Waals surface area contributed by atoms with Crippen molar-refractivity contribution >= 4 is 5.69 Å². The lowest BCUT2D eigenvalue weighted by Crippen LogP contribution is -2.49. The van der Waals surface area contributed by atoms with Crippen molar-refractivity contribution in [1.29, 1.82) is 0 Å². The molecule has 2 N–H and O–H groups in total. The van der Waals surface area contributed by atoms with Crippen LogP contribution in [0.1, 0.15) is 0 Å². The maximum absolute atomic E-state index is 5.73. The van der Waals surface area contributed by atoms with Crippen LogP contribution in [0, 0.1) is 0 Å². The molecule has 0 radical (unpaired) electrons. The quantitative estimate of drug-likeness (QED) is 0.796. The first-order valence-electron chi connectivity index (χ1n) is 5.39. The highest BCUT2D eigenvalue weighted by molar-refractivity contribution is 5.49. The molecule has 1 aliphatic rings. The molecule has 1 aromatic heterocycles. The summed E-state index contributed by atoms with van der Waals surface area (Å²) in [6, 6.07) is 4.13. The third-order valence-electron chi connectivity index (χ3n) is 2.76. The fraction of sp³-hybridized carbons (Fsp3) is 0.545. The molecule has 0 amide bonds. The molecule has 0 spiro atoms. The molecule has 16 heavy (non-hydrogen) atoms. The molecule has 5 nitrogen and oxygen atoms in total. The predicted molar refractivity (Wildman–Crippen MR) is 61.8 cm³/mol. The Balaban J connectivity index is 2.20. The number of aromatic nitrogens is 1. The lowest BCUT2D eigenvalue weighted by Gasteiger charge is -2.36. The number of nitrogens with two attached hydrogens (primary N) is 1. The van der Waals surface area contributed by atoms with Gasteiger partial charge in [-0.15, -0.1) is 0 Å². The van der Waals surface area contributed by atoms with E-state index in [4.69, 9.17) is 15.2 Å². The van der Waals surface area contributed by atoms with Gasteiger partial charge in [0.2, 0.25) is 5.88 Å². The maximum atomic E-state index is 5.73. The van der Waals surface area contributed by atoms with Crippen molar-refractivity contribution in [3.8, 4) is 5.88 Å². The van der Waals surface area contributed by atoms with Crippen LogP contribution >= 0.6 is 0 Å².